The van der Waals surface area contributed by atoms with Gasteiger partial charge in [0.05, 0.1) is 17.5 Å². The van der Waals surface area contributed by atoms with E-state index >= 15 is 0 Å². The van der Waals surface area contributed by atoms with Crippen LogP contribution >= 0.6 is 0 Å². The highest BCUT2D eigenvalue weighted by Crippen LogP contribution is 2.21. The number of nitrogens with zero attached hydrogens (tertiary/aromatic N) is 2. The Labute approximate surface area is 78.5 Å². The van der Waals surface area contributed by atoms with Gasteiger partial charge in [-0.25, -0.2) is 4.98 Å². The van der Waals surface area contributed by atoms with E-state index in [9.17, 15) is 10.1 Å². The molecule has 0 amide bonds. The second-order valence-corrected chi connectivity index (χ2v) is 2.72. The number of rotatable bonds is 2. The van der Waals surface area contributed by atoms with Crippen molar-refractivity contribution in [3.63, 3.8) is 0 Å². The van der Waals surface area contributed by atoms with Gasteiger partial charge in [0.25, 0.3) is 5.69 Å². The highest BCUT2D eigenvalue weighted by molar-refractivity contribution is 5.75. The highest BCUT2D eigenvalue weighted by Gasteiger charge is 2.10. The lowest BCUT2D eigenvalue weighted by Gasteiger charge is -1.88. The minimum Gasteiger partial charge on any atom is -0.439 e. The summed E-state index contributed by atoms with van der Waals surface area (Å²) in [5.41, 5.74) is 6.27. The van der Waals surface area contributed by atoms with Gasteiger partial charge in [-0.2, -0.15) is 0 Å². The van der Waals surface area contributed by atoms with Gasteiger partial charge >= 0.3 is 0 Å². The molecule has 14 heavy (non-hydrogen) atoms. The number of benzene rings is 1. The Morgan fingerprint density at radius 1 is 1.57 bits per heavy atom. The van der Waals surface area contributed by atoms with Crippen molar-refractivity contribution in [3.05, 3.63) is 34.2 Å². The van der Waals surface area contributed by atoms with Crippen LogP contribution in [0, 0.1) is 10.1 Å². The lowest BCUT2D eigenvalue weighted by molar-refractivity contribution is -0.384. The van der Waals surface area contributed by atoms with E-state index in [0.717, 1.165) is 0 Å². The SMILES string of the molecule is NCc1nc2ccc([N+](=O)[O-])cc2o1. The number of non-ortho nitro benzene ring substituents is 1. The van der Waals surface area contributed by atoms with Gasteiger partial charge < -0.3 is 10.2 Å². The molecule has 0 aliphatic carbocycles. The van der Waals surface area contributed by atoms with E-state index in [1.54, 1.807) is 0 Å². The van der Waals surface area contributed by atoms with E-state index < -0.39 is 4.92 Å². The zero-order chi connectivity index (χ0) is 10.1. The van der Waals surface area contributed by atoms with Crippen LogP contribution < -0.4 is 5.73 Å². The molecule has 0 radical (unpaired) electrons. The van der Waals surface area contributed by atoms with Crippen LogP contribution in [0.5, 0.6) is 0 Å². The number of oxazole rings is 1. The lowest BCUT2D eigenvalue weighted by Crippen LogP contribution is -1.94. The maximum atomic E-state index is 10.4. The molecule has 0 aliphatic rings. The first-order valence-corrected chi connectivity index (χ1v) is 3.94. The van der Waals surface area contributed by atoms with Gasteiger partial charge in [0.2, 0.25) is 5.89 Å². The minimum absolute atomic E-state index is 0.0165. The first kappa shape index (κ1) is 8.64. The Hall–Kier alpha value is -1.95. The van der Waals surface area contributed by atoms with Crippen molar-refractivity contribution in [3.8, 4) is 0 Å². The lowest BCUT2D eigenvalue weighted by atomic mass is 10.3. The molecule has 1 aromatic carbocycles. The van der Waals surface area contributed by atoms with Gasteiger partial charge in [-0.15, -0.1) is 0 Å². The molecule has 72 valence electrons. The number of hydrogen-bond acceptors (Lipinski definition) is 5. The molecule has 2 aromatic rings. The molecule has 1 aromatic heterocycles. The van der Waals surface area contributed by atoms with Crippen LogP contribution in [0.15, 0.2) is 22.6 Å². The number of nitro benzene ring substituents is 1. The fourth-order valence-electron chi connectivity index (χ4n) is 1.16. The third-order valence-corrected chi connectivity index (χ3v) is 1.80. The smallest absolute Gasteiger partial charge is 0.273 e. The monoisotopic (exact) mass is 193 g/mol. The molecule has 6 heteroatoms. The summed E-state index contributed by atoms with van der Waals surface area (Å²) < 4.78 is 5.17. The summed E-state index contributed by atoms with van der Waals surface area (Å²) in [6, 6.07) is 4.25. The summed E-state index contributed by atoms with van der Waals surface area (Å²) in [5.74, 6) is 0.375. The van der Waals surface area contributed by atoms with E-state index in [1.165, 1.54) is 18.2 Å². The van der Waals surface area contributed by atoms with Crippen LogP contribution in [0.3, 0.4) is 0 Å². The second kappa shape index (κ2) is 3.08. The molecule has 0 saturated carbocycles. The van der Waals surface area contributed by atoms with Crippen molar-refractivity contribution < 1.29 is 9.34 Å². The summed E-state index contributed by atoms with van der Waals surface area (Å²) in [6.07, 6.45) is 0. The molecule has 0 bridgehead atoms. The van der Waals surface area contributed by atoms with Crippen molar-refractivity contribution in [2.45, 2.75) is 6.54 Å². The summed E-state index contributed by atoms with van der Waals surface area (Å²) >= 11 is 0. The third kappa shape index (κ3) is 1.31. The predicted molar refractivity (Wildman–Crippen MR) is 48.6 cm³/mol. The van der Waals surface area contributed by atoms with Crippen LogP contribution in [0.4, 0.5) is 5.69 Å². The summed E-state index contributed by atoms with van der Waals surface area (Å²) in [6.45, 7) is 0.183. The van der Waals surface area contributed by atoms with Crippen LogP contribution in [0.1, 0.15) is 5.89 Å². The van der Waals surface area contributed by atoms with E-state index in [4.69, 9.17) is 10.2 Å². The Bertz CT molecular complexity index is 492. The summed E-state index contributed by atoms with van der Waals surface area (Å²) in [7, 11) is 0. The number of fused-ring (bicyclic) bond motifs is 1. The van der Waals surface area contributed by atoms with Crippen LogP contribution in [-0.4, -0.2) is 9.91 Å². The standard InChI is InChI=1S/C8H7N3O3/c9-4-8-10-6-2-1-5(11(12)13)3-7(6)14-8/h1-3H,4,9H2. The van der Waals surface area contributed by atoms with Crippen LogP contribution in [0.2, 0.25) is 0 Å². The largest absolute Gasteiger partial charge is 0.439 e. The first-order valence-electron chi connectivity index (χ1n) is 3.94. The molecule has 0 fully saturated rings. The second-order valence-electron chi connectivity index (χ2n) is 2.72. The molecule has 2 N–H and O–H groups in total. The third-order valence-electron chi connectivity index (χ3n) is 1.80. The molecule has 0 atom stereocenters. The van der Waals surface area contributed by atoms with Crippen LogP contribution in [-0.2, 0) is 6.54 Å². The molecule has 1 heterocycles. The van der Waals surface area contributed by atoms with Crippen molar-refractivity contribution in [2.24, 2.45) is 5.73 Å². The number of aromatic nitrogens is 1. The summed E-state index contributed by atoms with van der Waals surface area (Å²) in [5, 5.41) is 10.4. The molecular weight excluding hydrogens is 186 g/mol. The Morgan fingerprint density at radius 2 is 2.36 bits per heavy atom. The maximum Gasteiger partial charge on any atom is 0.273 e. The molecule has 0 aliphatic heterocycles. The van der Waals surface area contributed by atoms with Gasteiger partial charge in [0.15, 0.2) is 5.58 Å². The zero-order valence-electron chi connectivity index (χ0n) is 7.14. The zero-order valence-corrected chi connectivity index (χ0v) is 7.14. The Morgan fingerprint density at radius 3 is 3.00 bits per heavy atom. The van der Waals surface area contributed by atoms with Crippen LogP contribution in [0.25, 0.3) is 11.1 Å². The molecule has 6 nitrogen and oxygen atoms in total. The van der Waals surface area contributed by atoms with Crippen molar-refractivity contribution in [2.75, 3.05) is 0 Å². The number of nitrogens with two attached hydrogens (primary N) is 1. The van der Waals surface area contributed by atoms with E-state index in [0.29, 0.717) is 17.0 Å². The normalized spacial score (nSPS) is 10.6. The number of nitro groups is 1. The predicted octanol–water partition coefficient (Wildman–Crippen LogP) is 1.19. The van der Waals surface area contributed by atoms with E-state index in [-0.39, 0.29) is 12.2 Å². The fourth-order valence-corrected chi connectivity index (χ4v) is 1.16. The highest BCUT2D eigenvalue weighted by atomic mass is 16.6. The molecular formula is C8H7N3O3. The van der Waals surface area contributed by atoms with Gasteiger partial charge in [-0.1, -0.05) is 0 Å². The molecule has 2 rings (SSSR count). The Kier molecular flexibility index (Phi) is 1.90. The average Bonchev–Trinajstić information content (AvgIpc) is 2.58. The minimum atomic E-state index is -0.482. The van der Waals surface area contributed by atoms with Crippen molar-refractivity contribution in [1.82, 2.24) is 4.98 Å². The molecule has 0 saturated heterocycles. The fraction of sp³-hybridized carbons (Fsp3) is 0.125. The van der Waals surface area contributed by atoms with E-state index in [2.05, 4.69) is 4.98 Å². The molecule has 0 spiro atoms. The van der Waals surface area contributed by atoms with E-state index in [1.807, 2.05) is 0 Å². The first-order chi connectivity index (χ1) is 6.70. The van der Waals surface area contributed by atoms with Crippen molar-refractivity contribution >= 4 is 16.8 Å². The topological polar surface area (TPSA) is 95.2 Å². The average molecular weight is 193 g/mol. The Balaban J connectivity index is 2.59. The van der Waals surface area contributed by atoms with Crippen molar-refractivity contribution in [1.29, 1.82) is 0 Å². The van der Waals surface area contributed by atoms with Gasteiger partial charge in [0, 0.05) is 6.07 Å². The van der Waals surface area contributed by atoms with Gasteiger partial charge in [-0.05, 0) is 6.07 Å². The van der Waals surface area contributed by atoms with Gasteiger partial charge in [-0.3, -0.25) is 10.1 Å². The summed E-state index contributed by atoms with van der Waals surface area (Å²) in [4.78, 5) is 14.0. The quantitative estimate of drug-likeness (QED) is 0.571. The number of hydrogen-bond donors (Lipinski definition) is 1. The molecule has 0 unspecified atom stereocenters. The maximum absolute atomic E-state index is 10.4. The van der Waals surface area contributed by atoms with Gasteiger partial charge in [0.1, 0.15) is 5.52 Å².